The molecule has 2 aromatic rings. The Hall–Kier alpha value is -1.39. The molecule has 1 aliphatic heterocycles. The molecule has 1 aliphatic rings. The first-order valence-electron chi connectivity index (χ1n) is 6.54. The van der Waals surface area contributed by atoms with Crippen LogP contribution >= 0.6 is 0 Å². The summed E-state index contributed by atoms with van der Waals surface area (Å²) in [7, 11) is -2.80. The van der Waals surface area contributed by atoms with Gasteiger partial charge < -0.3 is 5.32 Å². The Kier molecular flexibility index (Phi) is 3.29. The van der Waals surface area contributed by atoms with Crippen LogP contribution in [0.4, 0.5) is 0 Å². The van der Waals surface area contributed by atoms with Crippen molar-refractivity contribution in [2.45, 2.75) is 19.0 Å². The van der Waals surface area contributed by atoms with E-state index < -0.39 is 9.84 Å². The number of nitrogens with one attached hydrogen (secondary N) is 1. The summed E-state index contributed by atoms with van der Waals surface area (Å²) in [6.45, 7) is 0.724. The number of rotatable bonds is 3. The first kappa shape index (κ1) is 12.6. The smallest absolute Gasteiger partial charge is 0.151 e. The molecule has 1 N–H and O–H groups in total. The van der Waals surface area contributed by atoms with Gasteiger partial charge in [0.05, 0.1) is 11.5 Å². The molecule has 0 amide bonds. The van der Waals surface area contributed by atoms with E-state index in [0.29, 0.717) is 5.75 Å². The fourth-order valence-corrected chi connectivity index (χ4v) is 4.36. The molecule has 0 spiro atoms. The van der Waals surface area contributed by atoms with Crippen LogP contribution in [0.2, 0.25) is 0 Å². The second-order valence-corrected chi connectivity index (χ2v) is 7.35. The lowest BCUT2D eigenvalue weighted by Gasteiger charge is -2.12. The number of hydrogen-bond donors (Lipinski definition) is 1. The number of benzene rings is 2. The van der Waals surface area contributed by atoms with Crippen molar-refractivity contribution in [2.75, 3.05) is 11.5 Å². The molecular formula is C15H17NO2S. The average molecular weight is 275 g/mol. The summed E-state index contributed by atoms with van der Waals surface area (Å²) in [4.78, 5) is 0. The molecule has 1 atom stereocenters. The van der Waals surface area contributed by atoms with Gasteiger partial charge in [-0.25, -0.2) is 8.42 Å². The van der Waals surface area contributed by atoms with E-state index in [4.69, 9.17) is 0 Å². The molecular weight excluding hydrogens is 258 g/mol. The third-order valence-corrected chi connectivity index (χ3v) is 5.46. The van der Waals surface area contributed by atoms with Gasteiger partial charge in [-0.1, -0.05) is 42.5 Å². The third-order valence-electron chi connectivity index (χ3n) is 3.69. The zero-order valence-electron chi connectivity index (χ0n) is 10.7. The molecule has 0 aliphatic carbocycles. The van der Waals surface area contributed by atoms with E-state index in [1.54, 1.807) is 0 Å². The van der Waals surface area contributed by atoms with Crippen molar-refractivity contribution >= 4 is 20.6 Å². The maximum Gasteiger partial charge on any atom is 0.151 e. The van der Waals surface area contributed by atoms with Crippen LogP contribution in [0, 0.1) is 0 Å². The first-order valence-corrected chi connectivity index (χ1v) is 8.37. The molecule has 0 bridgehead atoms. The molecule has 4 heteroatoms. The molecule has 0 radical (unpaired) electrons. The molecule has 2 aromatic carbocycles. The Morgan fingerprint density at radius 3 is 2.68 bits per heavy atom. The fourth-order valence-electron chi connectivity index (χ4n) is 2.66. The number of hydrogen-bond acceptors (Lipinski definition) is 3. The lowest BCUT2D eigenvalue weighted by atomic mass is 10.0. The molecule has 0 saturated carbocycles. The summed E-state index contributed by atoms with van der Waals surface area (Å²) < 4.78 is 22.8. The zero-order valence-corrected chi connectivity index (χ0v) is 11.5. The molecule has 19 heavy (non-hydrogen) atoms. The van der Waals surface area contributed by atoms with Gasteiger partial charge in [-0.15, -0.1) is 0 Å². The Labute approximate surface area is 113 Å². The van der Waals surface area contributed by atoms with Crippen molar-refractivity contribution in [3.05, 3.63) is 48.0 Å². The quantitative estimate of drug-likeness (QED) is 0.933. The molecule has 3 nitrogen and oxygen atoms in total. The van der Waals surface area contributed by atoms with E-state index in [2.05, 4.69) is 29.6 Å². The van der Waals surface area contributed by atoms with Crippen molar-refractivity contribution in [3.63, 3.8) is 0 Å². The minimum Gasteiger partial charge on any atom is -0.309 e. The summed E-state index contributed by atoms with van der Waals surface area (Å²) in [6, 6.07) is 14.6. The molecule has 1 heterocycles. The molecule has 0 aromatic heterocycles. The third kappa shape index (κ3) is 2.80. The van der Waals surface area contributed by atoms with E-state index in [1.165, 1.54) is 16.3 Å². The Balaban J connectivity index is 1.76. The van der Waals surface area contributed by atoms with Gasteiger partial charge in [0.15, 0.2) is 9.84 Å². The van der Waals surface area contributed by atoms with Gasteiger partial charge in [-0.2, -0.15) is 0 Å². The van der Waals surface area contributed by atoms with E-state index in [1.807, 2.05) is 18.2 Å². The van der Waals surface area contributed by atoms with Crippen molar-refractivity contribution < 1.29 is 8.42 Å². The van der Waals surface area contributed by atoms with Crippen LogP contribution < -0.4 is 5.32 Å². The predicted octanol–water partition coefficient (Wildman–Crippen LogP) is 2.12. The average Bonchev–Trinajstić information content (AvgIpc) is 2.76. The molecule has 1 unspecified atom stereocenters. The Morgan fingerprint density at radius 1 is 1.11 bits per heavy atom. The fraction of sp³-hybridized carbons (Fsp3) is 0.333. The second-order valence-electron chi connectivity index (χ2n) is 5.12. The molecule has 3 rings (SSSR count). The van der Waals surface area contributed by atoms with Crippen LogP contribution in [0.3, 0.4) is 0 Å². The van der Waals surface area contributed by atoms with Gasteiger partial charge in [-0.3, -0.25) is 0 Å². The summed E-state index contributed by atoms with van der Waals surface area (Å²) >= 11 is 0. The monoisotopic (exact) mass is 275 g/mol. The predicted molar refractivity (Wildman–Crippen MR) is 77.8 cm³/mol. The van der Waals surface area contributed by atoms with Crippen molar-refractivity contribution in [1.29, 1.82) is 0 Å². The topological polar surface area (TPSA) is 46.2 Å². The summed E-state index contributed by atoms with van der Waals surface area (Å²) in [5.74, 6) is 0.595. The van der Waals surface area contributed by atoms with Crippen molar-refractivity contribution in [2.24, 2.45) is 0 Å². The van der Waals surface area contributed by atoms with Gasteiger partial charge in [0, 0.05) is 12.6 Å². The van der Waals surface area contributed by atoms with E-state index in [0.717, 1.165) is 13.0 Å². The van der Waals surface area contributed by atoms with Crippen LogP contribution in [0.15, 0.2) is 42.5 Å². The Morgan fingerprint density at radius 2 is 1.89 bits per heavy atom. The molecule has 1 saturated heterocycles. The van der Waals surface area contributed by atoms with Crippen LogP contribution in [0.25, 0.3) is 10.8 Å². The molecule has 100 valence electrons. The Bertz CT molecular complexity index is 689. The second kappa shape index (κ2) is 4.94. The van der Waals surface area contributed by atoms with Crippen LogP contribution in [0.5, 0.6) is 0 Å². The van der Waals surface area contributed by atoms with E-state index in [9.17, 15) is 8.42 Å². The standard InChI is InChI=1S/C15H17NO2S/c17-19(18)9-8-14(11-19)16-10-13-6-3-5-12-4-1-2-7-15(12)13/h1-7,14,16H,8-11H2. The van der Waals surface area contributed by atoms with E-state index in [-0.39, 0.29) is 11.8 Å². The zero-order chi connectivity index (χ0) is 13.3. The van der Waals surface area contributed by atoms with Crippen molar-refractivity contribution in [1.82, 2.24) is 5.32 Å². The van der Waals surface area contributed by atoms with Crippen LogP contribution in [0.1, 0.15) is 12.0 Å². The maximum atomic E-state index is 11.4. The maximum absolute atomic E-state index is 11.4. The highest BCUT2D eigenvalue weighted by atomic mass is 32.2. The SMILES string of the molecule is O=S1(=O)CCC(NCc2cccc3ccccc23)C1. The minimum absolute atomic E-state index is 0.101. The highest BCUT2D eigenvalue weighted by molar-refractivity contribution is 7.91. The molecule has 1 fully saturated rings. The van der Waals surface area contributed by atoms with Gasteiger partial charge >= 0.3 is 0 Å². The summed E-state index contributed by atoms with van der Waals surface area (Å²) in [5, 5.41) is 5.82. The van der Waals surface area contributed by atoms with Gasteiger partial charge in [0.2, 0.25) is 0 Å². The lowest BCUT2D eigenvalue weighted by molar-refractivity contribution is 0.555. The largest absolute Gasteiger partial charge is 0.309 e. The number of sulfone groups is 1. The number of fused-ring (bicyclic) bond motifs is 1. The summed E-state index contributed by atoms with van der Waals surface area (Å²) in [5.41, 5.74) is 1.22. The first-order chi connectivity index (χ1) is 9.14. The highest BCUT2D eigenvalue weighted by Gasteiger charge is 2.27. The van der Waals surface area contributed by atoms with Crippen LogP contribution in [-0.2, 0) is 16.4 Å². The van der Waals surface area contributed by atoms with Gasteiger partial charge in [-0.05, 0) is 22.8 Å². The normalized spacial score (nSPS) is 21.8. The van der Waals surface area contributed by atoms with Gasteiger partial charge in [0.25, 0.3) is 0 Å². The lowest BCUT2D eigenvalue weighted by Crippen LogP contribution is -2.29. The highest BCUT2D eigenvalue weighted by Crippen LogP contribution is 2.19. The van der Waals surface area contributed by atoms with Crippen molar-refractivity contribution in [3.8, 4) is 0 Å². The summed E-state index contributed by atoms with van der Waals surface area (Å²) in [6.07, 6.45) is 0.729. The minimum atomic E-state index is -2.80. The van der Waals surface area contributed by atoms with E-state index >= 15 is 0 Å². The van der Waals surface area contributed by atoms with Gasteiger partial charge in [0.1, 0.15) is 0 Å². The van der Waals surface area contributed by atoms with Crippen LogP contribution in [-0.4, -0.2) is 26.0 Å².